The maximum atomic E-state index is 13.5. The van der Waals surface area contributed by atoms with Gasteiger partial charge >= 0.3 is 5.97 Å². The quantitative estimate of drug-likeness (QED) is 0.0256. The zero-order valence-corrected chi connectivity index (χ0v) is 58.1. The van der Waals surface area contributed by atoms with Gasteiger partial charge in [-0.1, -0.05) is 264 Å². The molecular weight excluding hydrogens is 1220 g/mol. The van der Waals surface area contributed by atoms with Gasteiger partial charge in [0, 0.05) is 19.8 Å². The lowest BCUT2D eigenvalue weighted by molar-refractivity contribution is -0.386. The second-order valence-electron chi connectivity index (χ2n) is 27.5. The van der Waals surface area contributed by atoms with E-state index in [1.54, 1.807) is 0 Å². The number of unbranched alkanes of at least 4 members (excludes halogenated alkanes) is 38. The lowest BCUT2D eigenvalue weighted by Crippen LogP contribution is -2.70. The molecule has 2 amide bonds. The van der Waals surface area contributed by atoms with Gasteiger partial charge in [-0.25, -0.2) is 4.79 Å². The van der Waals surface area contributed by atoms with Crippen molar-refractivity contribution in [3.63, 3.8) is 0 Å². The van der Waals surface area contributed by atoms with Crippen LogP contribution in [0.15, 0.2) is 0 Å². The van der Waals surface area contributed by atoms with E-state index in [2.05, 4.69) is 24.5 Å². The number of hydrogen-bond donors (Lipinski definition) is 14. The average molecular weight is 1350 g/mol. The molecule has 0 radical (unpaired) electrons. The van der Waals surface area contributed by atoms with E-state index in [9.17, 15) is 75.7 Å². The van der Waals surface area contributed by atoms with Crippen LogP contribution in [0.25, 0.3) is 0 Å². The molecule has 18 atom stereocenters. The van der Waals surface area contributed by atoms with Crippen molar-refractivity contribution in [1.82, 2.24) is 10.6 Å². The Hall–Kier alpha value is -2.27. The summed E-state index contributed by atoms with van der Waals surface area (Å²) in [4.78, 5) is 38.5. The van der Waals surface area contributed by atoms with Crippen LogP contribution in [-0.4, -0.2) is 215 Å². The monoisotopic (exact) mass is 1350 g/mol. The summed E-state index contributed by atoms with van der Waals surface area (Å²) in [5, 5.41) is 136. The van der Waals surface area contributed by atoms with Gasteiger partial charge in [-0.05, 0) is 12.8 Å². The number of ether oxygens (including phenoxy) is 6. The summed E-state index contributed by atoms with van der Waals surface area (Å²) >= 11 is 0. The maximum absolute atomic E-state index is 13.5. The number of amides is 2. The van der Waals surface area contributed by atoms with E-state index < -0.39 is 148 Å². The minimum Gasteiger partial charge on any atom is -0.477 e. The van der Waals surface area contributed by atoms with Crippen LogP contribution in [0.3, 0.4) is 0 Å². The van der Waals surface area contributed by atoms with Gasteiger partial charge in [-0.2, -0.15) is 0 Å². The number of aliphatic hydroxyl groups is 11. The molecule has 94 heavy (non-hydrogen) atoms. The Morgan fingerprint density at radius 3 is 1.33 bits per heavy atom. The predicted molar refractivity (Wildman–Crippen MR) is 357 cm³/mol. The molecule has 0 saturated carbocycles. The molecule has 3 aliphatic heterocycles. The Morgan fingerprint density at radius 2 is 0.926 bits per heavy atom. The molecule has 3 rings (SSSR count). The molecule has 18 unspecified atom stereocenters. The first-order chi connectivity index (χ1) is 45.4. The summed E-state index contributed by atoms with van der Waals surface area (Å²) in [7, 11) is 0. The van der Waals surface area contributed by atoms with Gasteiger partial charge in [0.15, 0.2) is 12.6 Å². The van der Waals surface area contributed by atoms with Crippen LogP contribution >= 0.6 is 0 Å². The number of nitrogens with one attached hydrogen (secondary N) is 2. The molecule has 14 N–H and O–H groups in total. The highest BCUT2D eigenvalue weighted by atomic mass is 16.8. The van der Waals surface area contributed by atoms with Gasteiger partial charge in [0.1, 0.15) is 67.1 Å². The molecule has 3 heterocycles. The number of aliphatic hydroxyl groups excluding tert-OH is 11. The maximum Gasteiger partial charge on any atom is 0.364 e. The SMILES string of the molecule is CCCCCCCCCCCCCCCCCCCCCCCCCCCCCCCCC(=O)NC(COC1OC(CO)C(OC2OC(CO)C(O)C(OC3(C(=O)O)CC(O)C(NC(C)=O)C(C(O)C(O)CO)O3)C2O)C(O)C1O)C(O)CCCCCCCCCCCC. The van der Waals surface area contributed by atoms with E-state index in [4.69, 9.17) is 28.4 Å². The van der Waals surface area contributed by atoms with Gasteiger partial charge in [-0.3, -0.25) is 9.59 Å². The van der Waals surface area contributed by atoms with Crippen molar-refractivity contribution in [2.45, 2.75) is 407 Å². The number of carbonyl (C=O) groups excluding carboxylic acids is 2. The second-order valence-corrected chi connectivity index (χ2v) is 27.5. The van der Waals surface area contributed by atoms with Crippen molar-refractivity contribution >= 4 is 17.8 Å². The summed E-state index contributed by atoms with van der Waals surface area (Å²) in [5.74, 6) is -6.09. The fourth-order valence-corrected chi connectivity index (χ4v) is 13.4. The average Bonchev–Trinajstić information content (AvgIpc) is 0.759. The third-order valence-corrected chi connectivity index (χ3v) is 19.3. The van der Waals surface area contributed by atoms with Crippen molar-refractivity contribution in [3.05, 3.63) is 0 Å². The molecule has 3 saturated heterocycles. The summed E-state index contributed by atoms with van der Waals surface area (Å²) < 4.78 is 34.8. The number of hydrogen-bond acceptors (Lipinski definition) is 20. The molecule has 3 fully saturated rings. The van der Waals surface area contributed by atoms with Crippen LogP contribution in [-0.2, 0) is 42.8 Å². The molecule has 23 nitrogen and oxygen atoms in total. The lowest BCUT2D eigenvalue weighted by atomic mass is 9.88. The van der Waals surface area contributed by atoms with E-state index in [0.717, 1.165) is 51.9 Å². The molecular formula is C71H134N2O21. The molecule has 0 spiro atoms. The van der Waals surface area contributed by atoms with Crippen molar-refractivity contribution in [2.24, 2.45) is 0 Å². The minimum atomic E-state index is -3.08. The first-order valence-electron chi connectivity index (χ1n) is 37.4. The molecule has 0 aliphatic carbocycles. The first-order valence-corrected chi connectivity index (χ1v) is 37.4. The number of aliphatic carboxylic acids is 1. The largest absolute Gasteiger partial charge is 0.477 e. The lowest BCUT2D eigenvalue weighted by Gasteiger charge is -2.50. The van der Waals surface area contributed by atoms with Crippen LogP contribution < -0.4 is 10.6 Å². The van der Waals surface area contributed by atoms with E-state index in [1.807, 2.05) is 0 Å². The van der Waals surface area contributed by atoms with Crippen LogP contribution in [0.4, 0.5) is 0 Å². The van der Waals surface area contributed by atoms with Gasteiger partial charge in [0.25, 0.3) is 5.79 Å². The Kier molecular flexibility index (Phi) is 47.4. The van der Waals surface area contributed by atoms with Gasteiger partial charge in [-0.15, -0.1) is 0 Å². The van der Waals surface area contributed by atoms with Gasteiger partial charge < -0.3 is 100 Å². The van der Waals surface area contributed by atoms with Gasteiger partial charge in [0.05, 0.1) is 50.7 Å². The van der Waals surface area contributed by atoms with Crippen molar-refractivity contribution < 1.29 is 104 Å². The van der Waals surface area contributed by atoms with E-state index in [0.29, 0.717) is 19.3 Å². The summed E-state index contributed by atoms with van der Waals surface area (Å²) in [5.41, 5.74) is 0. The summed E-state index contributed by atoms with van der Waals surface area (Å²) in [6.07, 6.45) is 21.5. The summed E-state index contributed by atoms with van der Waals surface area (Å²) in [6.45, 7) is 2.20. The zero-order chi connectivity index (χ0) is 68.9. The number of carbonyl (C=O) groups is 3. The third-order valence-electron chi connectivity index (χ3n) is 19.3. The van der Waals surface area contributed by atoms with Crippen molar-refractivity contribution in [1.29, 1.82) is 0 Å². The highest BCUT2D eigenvalue weighted by Gasteiger charge is 2.60. The Bertz CT molecular complexity index is 1900. The highest BCUT2D eigenvalue weighted by molar-refractivity contribution is 5.77. The normalized spacial score (nSPS) is 27.8. The first kappa shape index (κ1) is 86.0. The van der Waals surface area contributed by atoms with Crippen LogP contribution in [0, 0.1) is 0 Å². The van der Waals surface area contributed by atoms with E-state index >= 15 is 0 Å². The van der Waals surface area contributed by atoms with E-state index in [1.165, 1.54) is 199 Å². The molecule has 554 valence electrons. The van der Waals surface area contributed by atoms with Crippen molar-refractivity contribution in [3.8, 4) is 0 Å². The number of carboxylic acids is 1. The molecule has 3 aliphatic rings. The molecule has 0 aromatic heterocycles. The smallest absolute Gasteiger partial charge is 0.364 e. The second kappa shape index (κ2) is 51.8. The molecule has 0 aromatic carbocycles. The van der Waals surface area contributed by atoms with Crippen molar-refractivity contribution in [2.75, 3.05) is 26.4 Å². The Morgan fingerprint density at radius 1 is 0.511 bits per heavy atom. The van der Waals surface area contributed by atoms with E-state index in [-0.39, 0.29) is 18.9 Å². The standard InChI is InChI=1S/C71H134N2O21/c1-4-6-8-10-12-14-16-17-18-19-20-21-22-23-24-25-26-27-28-29-30-31-32-33-34-35-37-39-41-43-45-58(81)73-52(53(78)44-42-40-38-36-15-13-11-9-7-5-2)50-89-68-63(85)62(84)65(57(49-76)91-68)92-69-64(86)67(61(83)56(48-75)90-69)94-71(70(87)88)46-54(79)59(72-51(3)77)66(93-71)60(82)55(80)47-74/h52-57,59-69,74-76,78-80,82-86H,4-50H2,1-3H3,(H,72,77)(H,73,81)(H,87,88). The zero-order valence-electron chi connectivity index (χ0n) is 58.1. The number of rotatable bonds is 58. The fraction of sp³-hybridized carbons (Fsp3) is 0.958. The summed E-state index contributed by atoms with van der Waals surface area (Å²) in [6, 6.07) is -2.52. The Balaban J connectivity index is 1.46. The topological polar surface area (TPSA) is 373 Å². The van der Waals surface area contributed by atoms with Crippen LogP contribution in [0.5, 0.6) is 0 Å². The highest BCUT2D eigenvalue weighted by Crippen LogP contribution is 2.39. The predicted octanol–water partition coefficient (Wildman–Crippen LogP) is 8.07. The molecule has 0 bridgehead atoms. The van der Waals surface area contributed by atoms with Gasteiger partial charge in [0.2, 0.25) is 11.8 Å². The molecule has 0 aromatic rings. The van der Waals surface area contributed by atoms with Crippen LogP contribution in [0.1, 0.15) is 297 Å². The number of carboxylic acid groups (broad SMARTS) is 1. The third kappa shape index (κ3) is 33.3. The Labute approximate surface area is 563 Å². The fourth-order valence-electron chi connectivity index (χ4n) is 13.4. The van der Waals surface area contributed by atoms with Crippen LogP contribution in [0.2, 0.25) is 0 Å². The molecule has 23 heteroatoms. The minimum absolute atomic E-state index is 0.229.